The number of likely N-dealkylation sites (tertiary alicyclic amines) is 1. The standard InChI is InChI=1S/C18H26N2O3/c1-13-7-9-20(10-8-13)12-17(22)11-19-18(23)16-5-3-15(4-6-16)14(2)21/h3-6,13,17,22H,7-12H2,1-2H3,(H,19,23). The molecule has 1 aromatic rings. The summed E-state index contributed by atoms with van der Waals surface area (Å²) in [4.78, 5) is 25.5. The number of ketones is 1. The zero-order valence-electron chi connectivity index (χ0n) is 13.9. The summed E-state index contributed by atoms with van der Waals surface area (Å²) in [5, 5.41) is 12.8. The van der Waals surface area contributed by atoms with Gasteiger partial charge in [-0.3, -0.25) is 9.59 Å². The number of nitrogens with zero attached hydrogens (tertiary/aromatic N) is 1. The molecule has 1 aromatic carbocycles. The predicted octanol–water partition coefficient (Wildman–Crippen LogP) is 1.71. The van der Waals surface area contributed by atoms with Crippen molar-refractivity contribution in [1.82, 2.24) is 10.2 Å². The lowest BCUT2D eigenvalue weighted by Gasteiger charge is -2.31. The third-order valence-corrected chi connectivity index (χ3v) is 4.40. The average molecular weight is 318 g/mol. The molecule has 1 heterocycles. The van der Waals surface area contributed by atoms with Crippen LogP contribution in [0.1, 0.15) is 47.4 Å². The van der Waals surface area contributed by atoms with Crippen molar-refractivity contribution >= 4 is 11.7 Å². The van der Waals surface area contributed by atoms with Crippen LogP contribution in [0.2, 0.25) is 0 Å². The Kier molecular flexibility index (Phi) is 6.30. The van der Waals surface area contributed by atoms with E-state index in [2.05, 4.69) is 17.1 Å². The first-order chi connectivity index (χ1) is 11.0. The number of nitrogens with one attached hydrogen (secondary N) is 1. The van der Waals surface area contributed by atoms with Gasteiger partial charge in [-0.2, -0.15) is 0 Å². The Morgan fingerprint density at radius 1 is 1.22 bits per heavy atom. The van der Waals surface area contributed by atoms with Crippen LogP contribution in [0.3, 0.4) is 0 Å². The second-order valence-corrected chi connectivity index (χ2v) is 6.48. The lowest BCUT2D eigenvalue weighted by atomic mass is 9.99. The first-order valence-electron chi connectivity index (χ1n) is 8.25. The maximum absolute atomic E-state index is 12.0. The van der Waals surface area contributed by atoms with Crippen LogP contribution in [-0.4, -0.2) is 54.0 Å². The van der Waals surface area contributed by atoms with Gasteiger partial charge in [0, 0.05) is 24.2 Å². The molecule has 1 atom stereocenters. The number of amides is 1. The van der Waals surface area contributed by atoms with Crippen LogP contribution in [-0.2, 0) is 0 Å². The first kappa shape index (κ1) is 17.6. The number of Topliss-reactive ketones (excluding diaryl/α,β-unsaturated/α-hetero) is 1. The van der Waals surface area contributed by atoms with E-state index in [0.29, 0.717) is 17.7 Å². The molecule has 1 aliphatic heterocycles. The molecule has 0 saturated carbocycles. The van der Waals surface area contributed by atoms with Crippen molar-refractivity contribution in [3.05, 3.63) is 35.4 Å². The molecule has 23 heavy (non-hydrogen) atoms. The average Bonchev–Trinajstić information content (AvgIpc) is 2.55. The highest BCUT2D eigenvalue weighted by molar-refractivity contribution is 5.97. The van der Waals surface area contributed by atoms with E-state index in [1.54, 1.807) is 24.3 Å². The van der Waals surface area contributed by atoms with E-state index in [-0.39, 0.29) is 18.2 Å². The molecule has 1 saturated heterocycles. The van der Waals surface area contributed by atoms with Gasteiger partial charge in [-0.05, 0) is 50.9 Å². The Bertz CT molecular complexity index is 534. The van der Waals surface area contributed by atoms with E-state index >= 15 is 0 Å². The molecule has 2 rings (SSSR count). The highest BCUT2D eigenvalue weighted by Gasteiger charge is 2.18. The Hall–Kier alpha value is -1.72. The minimum atomic E-state index is -0.566. The summed E-state index contributed by atoms with van der Waals surface area (Å²) in [6.45, 7) is 6.60. The van der Waals surface area contributed by atoms with E-state index in [0.717, 1.165) is 19.0 Å². The maximum Gasteiger partial charge on any atom is 0.251 e. The van der Waals surface area contributed by atoms with Gasteiger partial charge in [0.05, 0.1) is 6.10 Å². The van der Waals surface area contributed by atoms with Crippen LogP contribution in [0.5, 0.6) is 0 Å². The summed E-state index contributed by atoms with van der Waals surface area (Å²) < 4.78 is 0. The summed E-state index contributed by atoms with van der Waals surface area (Å²) in [5.41, 5.74) is 1.08. The number of carbonyl (C=O) groups excluding carboxylic acids is 2. The Morgan fingerprint density at radius 2 is 1.78 bits per heavy atom. The van der Waals surface area contributed by atoms with E-state index in [4.69, 9.17) is 0 Å². The van der Waals surface area contributed by atoms with Crippen molar-refractivity contribution in [1.29, 1.82) is 0 Å². The largest absolute Gasteiger partial charge is 0.390 e. The molecule has 0 aromatic heterocycles. The van der Waals surface area contributed by atoms with Crippen LogP contribution < -0.4 is 5.32 Å². The first-order valence-corrected chi connectivity index (χ1v) is 8.25. The fourth-order valence-electron chi connectivity index (χ4n) is 2.78. The molecule has 0 radical (unpaired) electrons. The predicted molar refractivity (Wildman–Crippen MR) is 89.6 cm³/mol. The number of rotatable bonds is 6. The molecule has 1 aliphatic rings. The normalized spacial score (nSPS) is 17.7. The second kappa shape index (κ2) is 8.22. The highest BCUT2D eigenvalue weighted by Crippen LogP contribution is 2.15. The van der Waals surface area contributed by atoms with Gasteiger partial charge in [-0.15, -0.1) is 0 Å². The zero-order valence-corrected chi connectivity index (χ0v) is 13.9. The lowest BCUT2D eigenvalue weighted by molar-refractivity contribution is 0.0795. The van der Waals surface area contributed by atoms with Gasteiger partial charge in [0.15, 0.2) is 5.78 Å². The molecule has 1 unspecified atom stereocenters. The highest BCUT2D eigenvalue weighted by atomic mass is 16.3. The van der Waals surface area contributed by atoms with Gasteiger partial charge in [-0.25, -0.2) is 0 Å². The minimum Gasteiger partial charge on any atom is -0.390 e. The van der Waals surface area contributed by atoms with E-state index < -0.39 is 6.10 Å². The van der Waals surface area contributed by atoms with Crippen molar-refractivity contribution in [2.45, 2.75) is 32.8 Å². The van der Waals surface area contributed by atoms with Crippen molar-refractivity contribution < 1.29 is 14.7 Å². The maximum atomic E-state index is 12.0. The van der Waals surface area contributed by atoms with Crippen molar-refractivity contribution in [3.8, 4) is 0 Å². The molecule has 5 heteroatoms. The third-order valence-electron chi connectivity index (χ3n) is 4.40. The van der Waals surface area contributed by atoms with Gasteiger partial charge in [0.1, 0.15) is 0 Å². The number of hydrogen-bond donors (Lipinski definition) is 2. The third kappa shape index (κ3) is 5.44. The van der Waals surface area contributed by atoms with Gasteiger partial charge >= 0.3 is 0 Å². The van der Waals surface area contributed by atoms with E-state index in [1.165, 1.54) is 19.8 Å². The van der Waals surface area contributed by atoms with Crippen LogP contribution >= 0.6 is 0 Å². The summed E-state index contributed by atoms with van der Waals surface area (Å²) in [6.07, 6.45) is 1.77. The lowest BCUT2D eigenvalue weighted by Crippen LogP contribution is -2.43. The number of piperidine rings is 1. The molecular formula is C18H26N2O3. The summed E-state index contributed by atoms with van der Waals surface area (Å²) >= 11 is 0. The van der Waals surface area contributed by atoms with Crippen LogP contribution in [0.25, 0.3) is 0 Å². The Morgan fingerprint density at radius 3 is 2.35 bits per heavy atom. The summed E-state index contributed by atoms with van der Waals surface area (Å²) in [5.74, 6) is 0.510. The van der Waals surface area contributed by atoms with Crippen molar-refractivity contribution in [2.24, 2.45) is 5.92 Å². The molecule has 126 valence electrons. The smallest absolute Gasteiger partial charge is 0.251 e. The number of aliphatic hydroxyl groups excluding tert-OH is 1. The molecule has 5 nitrogen and oxygen atoms in total. The fraction of sp³-hybridized carbons (Fsp3) is 0.556. The van der Waals surface area contributed by atoms with Gasteiger partial charge in [0.2, 0.25) is 0 Å². The second-order valence-electron chi connectivity index (χ2n) is 6.48. The quantitative estimate of drug-likeness (QED) is 0.784. The van der Waals surface area contributed by atoms with Gasteiger partial charge < -0.3 is 15.3 Å². The molecular weight excluding hydrogens is 292 g/mol. The zero-order chi connectivity index (χ0) is 16.8. The van der Waals surface area contributed by atoms with Gasteiger partial charge in [0.25, 0.3) is 5.91 Å². The van der Waals surface area contributed by atoms with Crippen molar-refractivity contribution in [2.75, 3.05) is 26.2 Å². The number of hydrogen-bond acceptors (Lipinski definition) is 4. The molecule has 2 N–H and O–H groups in total. The summed E-state index contributed by atoms with van der Waals surface area (Å²) in [7, 11) is 0. The topological polar surface area (TPSA) is 69.6 Å². The van der Waals surface area contributed by atoms with E-state index in [1.807, 2.05) is 0 Å². The molecule has 0 spiro atoms. The SMILES string of the molecule is CC(=O)c1ccc(C(=O)NCC(O)CN2CCC(C)CC2)cc1. The number of benzene rings is 1. The number of aliphatic hydroxyl groups is 1. The molecule has 0 bridgehead atoms. The van der Waals surface area contributed by atoms with Gasteiger partial charge in [-0.1, -0.05) is 19.1 Å². The summed E-state index contributed by atoms with van der Waals surface area (Å²) in [6, 6.07) is 6.54. The van der Waals surface area contributed by atoms with Crippen LogP contribution in [0.4, 0.5) is 0 Å². The Balaban J connectivity index is 1.76. The minimum absolute atomic E-state index is 0.0248. The van der Waals surface area contributed by atoms with E-state index in [9.17, 15) is 14.7 Å². The molecule has 1 fully saturated rings. The molecule has 0 aliphatic carbocycles. The fourth-order valence-corrected chi connectivity index (χ4v) is 2.78. The van der Waals surface area contributed by atoms with Crippen LogP contribution in [0.15, 0.2) is 24.3 Å². The monoisotopic (exact) mass is 318 g/mol. The number of β-amino-alcohol motifs (C(OH)–C–C–N with tert-alkyl or cyclic N) is 1. The van der Waals surface area contributed by atoms with Crippen molar-refractivity contribution in [3.63, 3.8) is 0 Å². The Labute approximate surface area is 137 Å². The molecule has 1 amide bonds. The number of carbonyl (C=O) groups is 2. The van der Waals surface area contributed by atoms with Crippen LogP contribution in [0, 0.1) is 5.92 Å².